The zero-order chi connectivity index (χ0) is 13.5. The lowest BCUT2D eigenvalue weighted by molar-refractivity contribution is 0.558. The summed E-state index contributed by atoms with van der Waals surface area (Å²) in [5.74, 6) is 0.695. The van der Waals surface area contributed by atoms with Crippen molar-refractivity contribution in [3.63, 3.8) is 0 Å². The molecular formula is C15H25ClN2. The molecule has 2 nitrogen and oxygen atoms in total. The molecule has 0 amide bonds. The summed E-state index contributed by atoms with van der Waals surface area (Å²) in [5, 5.41) is 4.21. The quantitative estimate of drug-likeness (QED) is 0.806. The number of benzene rings is 1. The van der Waals surface area contributed by atoms with Gasteiger partial charge >= 0.3 is 0 Å². The molecule has 18 heavy (non-hydrogen) atoms. The Hall–Kier alpha value is -0.730. The van der Waals surface area contributed by atoms with Crippen LogP contribution in [0, 0.1) is 5.92 Å². The Morgan fingerprint density at radius 2 is 2.06 bits per heavy atom. The highest BCUT2D eigenvalue weighted by Gasteiger charge is 2.12. The number of nitrogens with one attached hydrogen (secondary N) is 1. The molecule has 1 N–H and O–H groups in total. The molecule has 0 saturated heterocycles. The minimum absolute atomic E-state index is 0.695. The summed E-state index contributed by atoms with van der Waals surface area (Å²) < 4.78 is 0. The fourth-order valence-corrected chi connectivity index (χ4v) is 2.26. The van der Waals surface area contributed by atoms with Crippen LogP contribution in [0.3, 0.4) is 0 Å². The summed E-state index contributed by atoms with van der Waals surface area (Å²) in [6.45, 7) is 9.48. The maximum Gasteiger partial charge on any atom is 0.0471 e. The standard InChI is InChI=1S/C15H25ClN2/c1-5-12(3)11-18(4)15-9-7-8-14(16)13(15)10-17-6-2/h7-9,12,17H,5-6,10-11H2,1-4H3. The van der Waals surface area contributed by atoms with Crippen LogP contribution in [0.25, 0.3) is 0 Å². The third-order valence-corrected chi connectivity index (χ3v) is 3.69. The molecule has 3 heteroatoms. The van der Waals surface area contributed by atoms with Gasteiger partial charge in [-0.1, -0.05) is 44.9 Å². The van der Waals surface area contributed by atoms with Crippen molar-refractivity contribution in [2.75, 3.05) is 25.0 Å². The Morgan fingerprint density at radius 3 is 2.67 bits per heavy atom. The normalized spacial score (nSPS) is 12.5. The molecule has 0 bridgehead atoms. The molecular weight excluding hydrogens is 244 g/mol. The third kappa shape index (κ3) is 4.18. The van der Waals surface area contributed by atoms with Crippen molar-refractivity contribution in [3.8, 4) is 0 Å². The van der Waals surface area contributed by atoms with E-state index in [4.69, 9.17) is 11.6 Å². The lowest BCUT2D eigenvalue weighted by atomic mass is 10.1. The summed E-state index contributed by atoms with van der Waals surface area (Å²) in [4.78, 5) is 2.31. The lowest BCUT2D eigenvalue weighted by Gasteiger charge is -2.26. The van der Waals surface area contributed by atoms with E-state index in [1.54, 1.807) is 0 Å². The Bertz CT molecular complexity index is 366. The molecule has 1 aromatic rings. The summed E-state index contributed by atoms with van der Waals surface area (Å²) >= 11 is 6.31. The van der Waals surface area contributed by atoms with Crippen molar-refractivity contribution >= 4 is 17.3 Å². The number of hydrogen-bond donors (Lipinski definition) is 1. The molecule has 0 radical (unpaired) electrons. The molecule has 0 aliphatic rings. The van der Waals surface area contributed by atoms with Crippen molar-refractivity contribution in [3.05, 3.63) is 28.8 Å². The largest absolute Gasteiger partial charge is 0.374 e. The van der Waals surface area contributed by atoms with Gasteiger partial charge in [-0.25, -0.2) is 0 Å². The van der Waals surface area contributed by atoms with Gasteiger partial charge in [0.15, 0.2) is 0 Å². The van der Waals surface area contributed by atoms with Crippen molar-refractivity contribution in [2.45, 2.75) is 33.7 Å². The SMILES string of the molecule is CCNCc1c(Cl)cccc1N(C)CC(C)CC. The molecule has 0 fully saturated rings. The Morgan fingerprint density at radius 1 is 1.33 bits per heavy atom. The van der Waals surface area contributed by atoms with Crippen LogP contribution >= 0.6 is 11.6 Å². The summed E-state index contributed by atoms with van der Waals surface area (Å²) in [6.07, 6.45) is 1.20. The van der Waals surface area contributed by atoms with E-state index in [2.05, 4.69) is 44.1 Å². The van der Waals surface area contributed by atoms with Gasteiger partial charge in [0.1, 0.15) is 0 Å². The van der Waals surface area contributed by atoms with E-state index in [0.717, 1.165) is 24.7 Å². The van der Waals surface area contributed by atoms with Crippen molar-refractivity contribution in [1.82, 2.24) is 5.32 Å². The predicted molar refractivity (Wildman–Crippen MR) is 81.6 cm³/mol. The first-order chi connectivity index (χ1) is 8.60. The highest BCUT2D eigenvalue weighted by molar-refractivity contribution is 6.31. The second-order valence-electron chi connectivity index (χ2n) is 4.91. The fraction of sp³-hybridized carbons (Fsp3) is 0.600. The first kappa shape index (κ1) is 15.3. The van der Waals surface area contributed by atoms with E-state index in [1.165, 1.54) is 17.7 Å². The van der Waals surface area contributed by atoms with E-state index in [0.29, 0.717) is 5.92 Å². The van der Waals surface area contributed by atoms with Crippen LogP contribution in [0.15, 0.2) is 18.2 Å². The van der Waals surface area contributed by atoms with Crippen molar-refractivity contribution in [2.24, 2.45) is 5.92 Å². The van der Waals surface area contributed by atoms with Gasteiger partial charge in [0.2, 0.25) is 0 Å². The van der Waals surface area contributed by atoms with E-state index in [1.807, 2.05) is 12.1 Å². The molecule has 1 atom stereocenters. The molecule has 0 heterocycles. The van der Waals surface area contributed by atoms with Gasteiger partial charge in [-0.3, -0.25) is 0 Å². The van der Waals surface area contributed by atoms with E-state index >= 15 is 0 Å². The number of hydrogen-bond acceptors (Lipinski definition) is 2. The number of nitrogens with zero attached hydrogens (tertiary/aromatic N) is 1. The van der Waals surface area contributed by atoms with Crippen molar-refractivity contribution < 1.29 is 0 Å². The van der Waals surface area contributed by atoms with Crippen LogP contribution in [0.4, 0.5) is 5.69 Å². The van der Waals surface area contributed by atoms with Gasteiger partial charge in [0.05, 0.1) is 0 Å². The topological polar surface area (TPSA) is 15.3 Å². The van der Waals surface area contributed by atoms with E-state index < -0.39 is 0 Å². The van der Waals surface area contributed by atoms with Crippen LogP contribution in [-0.2, 0) is 6.54 Å². The van der Waals surface area contributed by atoms with Gasteiger partial charge in [-0.05, 0) is 24.6 Å². The summed E-state index contributed by atoms with van der Waals surface area (Å²) in [6, 6.07) is 6.15. The minimum atomic E-state index is 0.695. The van der Waals surface area contributed by atoms with E-state index in [9.17, 15) is 0 Å². The average molecular weight is 269 g/mol. The lowest BCUT2D eigenvalue weighted by Crippen LogP contribution is -2.26. The second kappa shape index (κ2) is 7.65. The first-order valence-electron chi connectivity index (χ1n) is 6.79. The van der Waals surface area contributed by atoms with Gasteiger partial charge in [-0.15, -0.1) is 0 Å². The molecule has 0 aromatic heterocycles. The van der Waals surface area contributed by atoms with Crippen LogP contribution < -0.4 is 10.2 Å². The van der Waals surface area contributed by atoms with Gasteiger partial charge in [-0.2, -0.15) is 0 Å². The Balaban J connectivity index is 2.88. The number of halogens is 1. The zero-order valence-corrected chi connectivity index (χ0v) is 12.7. The molecule has 0 saturated carbocycles. The molecule has 1 aromatic carbocycles. The molecule has 0 aliphatic heterocycles. The highest BCUT2D eigenvalue weighted by atomic mass is 35.5. The predicted octanol–water partition coefficient (Wildman–Crippen LogP) is 3.93. The summed E-state index contributed by atoms with van der Waals surface area (Å²) in [5.41, 5.74) is 2.44. The Kier molecular flexibility index (Phi) is 6.51. The van der Waals surface area contributed by atoms with Gasteiger partial charge in [0, 0.05) is 36.4 Å². The maximum atomic E-state index is 6.31. The number of rotatable bonds is 7. The smallest absolute Gasteiger partial charge is 0.0471 e. The summed E-state index contributed by atoms with van der Waals surface area (Å²) in [7, 11) is 2.15. The molecule has 1 unspecified atom stereocenters. The molecule has 0 spiro atoms. The molecule has 0 aliphatic carbocycles. The highest BCUT2D eigenvalue weighted by Crippen LogP contribution is 2.27. The number of anilines is 1. The molecule has 1 rings (SSSR count). The average Bonchev–Trinajstić information content (AvgIpc) is 2.36. The van der Waals surface area contributed by atoms with Crippen LogP contribution in [0.1, 0.15) is 32.8 Å². The van der Waals surface area contributed by atoms with Gasteiger partial charge in [0.25, 0.3) is 0 Å². The fourth-order valence-electron chi connectivity index (χ4n) is 2.02. The van der Waals surface area contributed by atoms with Crippen LogP contribution in [0.2, 0.25) is 5.02 Å². The van der Waals surface area contributed by atoms with Crippen molar-refractivity contribution in [1.29, 1.82) is 0 Å². The minimum Gasteiger partial charge on any atom is -0.374 e. The Labute approximate surface area is 116 Å². The maximum absolute atomic E-state index is 6.31. The molecule has 102 valence electrons. The zero-order valence-electron chi connectivity index (χ0n) is 12.0. The monoisotopic (exact) mass is 268 g/mol. The van der Waals surface area contributed by atoms with Gasteiger partial charge < -0.3 is 10.2 Å². The van der Waals surface area contributed by atoms with Crippen LogP contribution in [-0.4, -0.2) is 20.1 Å². The third-order valence-electron chi connectivity index (χ3n) is 3.34. The van der Waals surface area contributed by atoms with E-state index in [-0.39, 0.29) is 0 Å². The first-order valence-corrected chi connectivity index (χ1v) is 7.17. The van der Waals surface area contributed by atoms with Crippen LogP contribution in [0.5, 0.6) is 0 Å². The second-order valence-corrected chi connectivity index (χ2v) is 5.32.